The van der Waals surface area contributed by atoms with E-state index in [1.165, 1.54) is 9.18 Å². The van der Waals surface area contributed by atoms with Gasteiger partial charge in [0.25, 0.3) is 0 Å². The lowest BCUT2D eigenvalue weighted by Gasteiger charge is -2.19. The van der Waals surface area contributed by atoms with Gasteiger partial charge in [-0.1, -0.05) is 24.3 Å². The Kier molecular flexibility index (Phi) is 5.52. The molecule has 0 bridgehead atoms. The third-order valence-electron chi connectivity index (χ3n) is 3.28. The van der Waals surface area contributed by atoms with Crippen LogP contribution in [-0.2, 0) is 23.0 Å². The number of nitrogens with zero attached hydrogens (tertiary/aromatic N) is 1. The van der Waals surface area contributed by atoms with Crippen LogP contribution in [0.5, 0.6) is 0 Å². The molecule has 0 aliphatic heterocycles. The van der Waals surface area contributed by atoms with Crippen molar-refractivity contribution in [2.75, 3.05) is 20.6 Å². The highest BCUT2D eigenvalue weighted by Crippen LogP contribution is 2.20. The van der Waals surface area contributed by atoms with E-state index in [4.69, 9.17) is 0 Å². The van der Waals surface area contributed by atoms with Crippen molar-refractivity contribution < 1.29 is 8.42 Å². The van der Waals surface area contributed by atoms with E-state index >= 15 is 0 Å². The number of sulfonamides is 1. The monoisotopic (exact) mass is 324 g/mol. The molecule has 2 rings (SSSR count). The molecule has 0 spiro atoms. The number of likely N-dealkylation sites (N-methyl/N-ethyl adjacent to an activating group) is 1. The summed E-state index contributed by atoms with van der Waals surface area (Å²) in [5.74, 6) is 0. The van der Waals surface area contributed by atoms with Crippen LogP contribution in [0.3, 0.4) is 0 Å². The van der Waals surface area contributed by atoms with E-state index in [1.54, 1.807) is 30.5 Å². The topological polar surface area (TPSA) is 49.4 Å². The second-order valence-electron chi connectivity index (χ2n) is 4.79. The summed E-state index contributed by atoms with van der Waals surface area (Å²) in [5.41, 5.74) is 0.794. The lowest BCUT2D eigenvalue weighted by Crippen LogP contribution is -2.30. The smallest absolute Gasteiger partial charge is 0.243 e. The summed E-state index contributed by atoms with van der Waals surface area (Å²) >= 11 is 1.65. The largest absolute Gasteiger partial charge is 0.316 e. The number of hydrogen-bond acceptors (Lipinski definition) is 4. The fourth-order valence-corrected chi connectivity index (χ4v) is 4.19. The first-order valence-corrected chi connectivity index (χ1v) is 9.09. The van der Waals surface area contributed by atoms with Crippen LogP contribution in [0.15, 0.2) is 46.7 Å². The number of thiophene rings is 1. The standard InChI is InChI=1S/C15H20N2O2S2/c1-16-12-13-6-3-4-8-15(13)21(18,19)17(2)10-9-14-7-5-11-20-14/h3-8,11,16H,9-10,12H2,1-2H3. The molecule has 21 heavy (non-hydrogen) atoms. The van der Waals surface area contributed by atoms with E-state index in [0.29, 0.717) is 18.0 Å². The molecule has 0 saturated heterocycles. The van der Waals surface area contributed by atoms with Crippen LogP contribution >= 0.6 is 11.3 Å². The molecule has 0 aliphatic carbocycles. The fourth-order valence-electron chi connectivity index (χ4n) is 2.10. The molecule has 0 atom stereocenters. The number of rotatable bonds is 7. The maximum absolute atomic E-state index is 12.7. The minimum Gasteiger partial charge on any atom is -0.316 e. The average Bonchev–Trinajstić information content (AvgIpc) is 2.98. The van der Waals surface area contributed by atoms with E-state index in [1.807, 2.05) is 36.7 Å². The molecule has 114 valence electrons. The van der Waals surface area contributed by atoms with Crippen molar-refractivity contribution in [1.82, 2.24) is 9.62 Å². The average molecular weight is 324 g/mol. The van der Waals surface area contributed by atoms with Crippen LogP contribution in [0.25, 0.3) is 0 Å². The van der Waals surface area contributed by atoms with Crippen LogP contribution < -0.4 is 5.32 Å². The maximum atomic E-state index is 12.7. The summed E-state index contributed by atoms with van der Waals surface area (Å²) in [7, 11) is 0.000332. The molecule has 1 aromatic heterocycles. The van der Waals surface area contributed by atoms with Crippen molar-refractivity contribution in [2.45, 2.75) is 17.9 Å². The number of benzene rings is 1. The summed E-state index contributed by atoms with van der Waals surface area (Å²) in [5, 5.41) is 5.01. The second-order valence-corrected chi connectivity index (χ2v) is 7.84. The summed E-state index contributed by atoms with van der Waals surface area (Å²) in [6.45, 7) is 1.02. The summed E-state index contributed by atoms with van der Waals surface area (Å²) in [6, 6.07) is 11.1. The molecule has 1 N–H and O–H groups in total. The molecule has 6 heteroatoms. The van der Waals surface area contributed by atoms with E-state index in [2.05, 4.69) is 5.32 Å². The van der Waals surface area contributed by atoms with Crippen LogP contribution in [-0.4, -0.2) is 33.4 Å². The van der Waals surface area contributed by atoms with Gasteiger partial charge in [-0.2, -0.15) is 0 Å². The van der Waals surface area contributed by atoms with Crippen molar-refractivity contribution in [3.05, 3.63) is 52.2 Å². The molecule has 0 unspecified atom stereocenters. The Morgan fingerprint density at radius 1 is 1.19 bits per heavy atom. The van der Waals surface area contributed by atoms with Gasteiger partial charge in [0, 0.05) is 25.0 Å². The molecule has 1 aromatic carbocycles. The van der Waals surface area contributed by atoms with Gasteiger partial charge in [0.15, 0.2) is 0 Å². The lowest BCUT2D eigenvalue weighted by molar-refractivity contribution is 0.472. The van der Waals surface area contributed by atoms with Crippen LogP contribution in [0.1, 0.15) is 10.4 Å². The predicted octanol–water partition coefficient (Wildman–Crippen LogP) is 2.33. The molecule has 4 nitrogen and oxygen atoms in total. The van der Waals surface area contributed by atoms with Crippen LogP contribution in [0.2, 0.25) is 0 Å². The minimum absolute atomic E-state index is 0.382. The van der Waals surface area contributed by atoms with Gasteiger partial charge >= 0.3 is 0 Å². The van der Waals surface area contributed by atoms with E-state index in [0.717, 1.165) is 12.0 Å². The quantitative estimate of drug-likeness (QED) is 0.850. The van der Waals surface area contributed by atoms with E-state index in [-0.39, 0.29) is 0 Å². The van der Waals surface area contributed by atoms with Crippen LogP contribution in [0.4, 0.5) is 0 Å². The highest BCUT2D eigenvalue weighted by Gasteiger charge is 2.23. The zero-order valence-electron chi connectivity index (χ0n) is 12.2. The van der Waals surface area contributed by atoms with Gasteiger partial charge in [-0.15, -0.1) is 11.3 Å². The number of hydrogen-bond donors (Lipinski definition) is 1. The molecule has 1 heterocycles. The van der Waals surface area contributed by atoms with Crippen molar-refractivity contribution in [3.63, 3.8) is 0 Å². The van der Waals surface area contributed by atoms with Crippen molar-refractivity contribution in [1.29, 1.82) is 0 Å². The van der Waals surface area contributed by atoms with Gasteiger partial charge in [0.1, 0.15) is 0 Å². The van der Waals surface area contributed by atoms with Gasteiger partial charge < -0.3 is 5.32 Å². The molecular weight excluding hydrogens is 304 g/mol. The minimum atomic E-state index is -3.45. The Bertz CT molecular complexity index is 667. The molecule has 0 fully saturated rings. The van der Waals surface area contributed by atoms with Crippen molar-refractivity contribution >= 4 is 21.4 Å². The molecule has 2 aromatic rings. The van der Waals surface area contributed by atoms with Gasteiger partial charge in [-0.25, -0.2) is 12.7 Å². The zero-order valence-corrected chi connectivity index (χ0v) is 13.9. The zero-order chi connectivity index (χ0) is 15.3. The highest BCUT2D eigenvalue weighted by atomic mass is 32.2. The molecule has 0 saturated carbocycles. The maximum Gasteiger partial charge on any atom is 0.243 e. The Balaban J connectivity index is 2.16. The Labute approximate surface area is 130 Å². The molecular formula is C15H20N2O2S2. The molecule has 0 radical (unpaired) electrons. The molecule has 0 amide bonds. The van der Waals surface area contributed by atoms with E-state index < -0.39 is 10.0 Å². The molecule has 0 aliphatic rings. The van der Waals surface area contributed by atoms with E-state index in [9.17, 15) is 8.42 Å². The first-order chi connectivity index (χ1) is 10.1. The predicted molar refractivity (Wildman–Crippen MR) is 87.0 cm³/mol. The number of nitrogens with one attached hydrogen (secondary N) is 1. The SMILES string of the molecule is CNCc1ccccc1S(=O)(=O)N(C)CCc1cccs1. The third kappa shape index (κ3) is 3.91. The fraction of sp³-hybridized carbons (Fsp3) is 0.333. The van der Waals surface area contributed by atoms with Gasteiger partial charge in [-0.3, -0.25) is 0 Å². The Morgan fingerprint density at radius 3 is 2.62 bits per heavy atom. The normalized spacial score (nSPS) is 12.0. The summed E-state index contributed by atoms with van der Waals surface area (Å²) < 4.78 is 26.8. The summed E-state index contributed by atoms with van der Waals surface area (Å²) in [6.07, 6.45) is 0.738. The van der Waals surface area contributed by atoms with Gasteiger partial charge in [-0.05, 0) is 36.5 Å². The second kappa shape index (κ2) is 7.17. The van der Waals surface area contributed by atoms with Gasteiger partial charge in [0.2, 0.25) is 10.0 Å². The van der Waals surface area contributed by atoms with Crippen molar-refractivity contribution in [3.8, 4) is 0 Å². The Morgan fingerprint density at radius 2 is 1.95 bits per heavy atom. The van der Waals surface area contributed by atoms with Crippen LogP contribution in [0, 0.1) is 0 Å². The van der Waals surface area contributed by atoms with Crippen molar-refractivity contribution in [2.24, 2.45) is 0 Å². The first kappa shape index (κ1) is 16.2. The third-order valence-corrected chi connectivity index (χ3v) is 6.17. The first-order valence-electron chi connectivity index (χ1n) is 6.77. The summed E-state index contributed by atoms with van der Waals surface area (Å²) in [4.78, 5) is 1.58. The van der Waals surface area contributed by atoms with Gasteiger partial charge in [0.05, 0.1) is 4.90 Å². The Hall–Kier alpha value is -1.21. The lowest BCUT2D eigenvalue weighted by atomic mass is 10.2. The highest BCUT2D eigenvalue weighted by molar-refractivity contribution is 7.89.